The molecule has 146 valence electrons. The molecule has 1 aliphatic rings. The van der Waals surface area contributed by atoms with Crippen LogP contribution in [-0.2, 0) is 4.74 Å². The van der Waals surface area contributed by atoms with E-state index in [1.54, 1.807) is 35.2 Å². The van der Waals surface area contributed by atoms with Crippen molar-refractivity contribution in [3.05, 3.63) is 66.4 Å². The number of hydrogen-bond acceptors (Lipinski definition) is 4. The van der Waals surface area contributed by atoms with Gasteiger partial charge in [0.25, 0.3) is 5.91 Å². The third-order valence-corrected chi connectivity index (χ3v) is 4.74. The molecule has 0 spiro atoms. The number of rotatable bonds is 6. The van der Waals surface area contributed by atoms with Crippen LogP contribution in [0.3, 0.4) is 0 Å². The standard InChI is InChI=1S/C20H22FN5O2/c21-17-5-1-2-6-18(17)26-20(25-8-3-4-9-25)16(15-23-26)19(27)22-7-10-24-11-13-28-14-12-24/h1-6,8-9,15H,7,10-14H2,(H,22,27). The van der Waals surface area contributed by atoms with Crippen molar-refractivity contribution in [1.82, 2.24) is 24.6 Å². The van der Waals surface area contributed by atoms with Gasteiger partial charge < -0.3 is 14.6 Å². The molecule has 0 saturated carbocycles. The molecular weight excluding hydrogens is 361 g/mol. The van der Waals surface area contributed by atoms with Crippen molar-refractivity contribution in [3.63, 3.8) is 0 Å². The fourth-order valence-electron chi connectivity index (χ4n) is 3.27. The first-order valence-corrected chi connectivity index (χ1v) is 9.28. The van der Waals surface area contributed by atoms with Crippen LogP contribution in [0.15, 0.2) is 55.0 Å². The number of carbonyl (C=O) groups is 1. The second-order valence-corrected chi connectivity index (χ2v) is 6.55. The Bertz CT molecular complexity index is 932. The highest BCUT2D eigenvalue weighted by atomic mass is 19.1. The van der Waals surface area contributed by atoms with Crippen LogP contribution in [0.5, 0.6) is 0 Å². The van der Waals surface area contributed by atoms with Crippen LogP contribution < -0.4 is 5.32 Å². The molecule has 0 unspecified atom stereocenters. The van der Waals surface area contributed by atoms with E-state index in [0.29, 0.717) is 23.6 Å². The van der Waals surface area contributed by atoms with Gasteiger partial charge in [-0.25, -0.2) is 9.07 Å². The summed E-state index contributed by atoms with van der Waals surface area (Å²) in [6.45, 7) is 4.47. The molecule has 0 atom stereocenters. The number of aromatic nitrogens is 3. The van der Waals surface area contributed by atoms with Crippen molar-refractivity contribution in [1.29, 1.82) is 0 Å². The normalized spacial score (nSPS) is 14.9. The van der Waals surface area contributed by atoms with Crippen molar-refractivity contribution in [2.24, 2.45) is 0 Å². The summed E-state index contributed by atoms with van der Waals surface area (Å²) in [6, 6.07) is 10.1. The van der Waals surface area contributed by atoms with E-state index >= 15 is 0 Å². The SMILES string of the molecule is O=C(NCCN1CCOCC1)c1cnn(-c2ccccc2F)c1-n1cccc1. The van der Waals surface area contributed by atoms with Gasteiger partial charge in [-0.2, -0.15) is 5.10 Å². The third kappa shape index (κ3) is 3.83. The summed E-state index contributed by atoms with van der Waals surface area (Å²) in [6.07, 6.45) is 5.09. The van der Waals surface area contributed by atoms with Crippen molar-refractivity contribution < 1.29 is 13.9 Å². The largest absolute Gasteiger partial charge is 0.379 e. The molecule has 7 nitrogen and oxygen atoms in total. The first-order valence-electron chi connectivity index (χ1n) is 9.28. The van der Waals surface area contributed by atoms with Gasteiger partial charge in [0.15, 0.2) is 5.82 Å². The van der Waals surface area contributed by atoms with E-state index in [-0.39, 0.29) is 5.91 Å². The number of nitrogens with zero attached hydrogens (tertiary/aromatic N) is 4. The molecule has 0 aliphatic carbocycles. The summed E-state index contributed by atoms with van der Waals surface area (Å²) < 4.78 is 22.9. The van der Waals surface area contributed by atoms with Gasteiger partial charge >= 0.3 is 0 Å². The quantitative estimate of drug-likeness (QED) is 0.706. The number of morpholine rings is 1. The number of amides is 1. The number of para-hydroxylation sites is 1. The molecule has 3 heterocycles. The number of hydrogen-bond donors (Lipinski definition) is 1. The number of nitrogens with one attached hydrogen (secondary N) is 1. The maximum atomic E-state index is 14.3. The van der Waals surface area contributed by atoms with Crippen LogP contribution >= 0.6 is 0 Å². The summed E-state index contributed by atoms with van der Waals surface area (Å²) in [4.78, 5) is 15.1. The predicted octanol–water partition coefficient (Wildman–Crippen LogP) is 1.86. The highest BCUT2D eigenvalue weighted by Crippen LogP contribution is 2.21. The van der Waals surface area contributed by atoms with Crippen LogP contribution in [0, 0.1) is 5.82 Å². The van der Waals surface area contributed by atoms with E-state index in [0.717, 1.165) is 32.8 Å². The van der Waals surface area contributed by atoms with Gasteiger partial charge in [-0.3, -0.25) is 9.69 Å². The molecule has 1 saturated heterocycles. The molecule has 3 aromatic rings. The van der Waals surface area contributed by atoms with Gasteiger partial charge in [-0.15, -0.1) is 0 Å². The Hall–Kier alpha value is -2.97. The smallest absolute Gasteiger partial charge is 0.256 e. The third-order valence-electron chi connectivity index (χ3n) is 4.74. The van der Waals surface area contributed by atoms with E-state index in [4.69, 9.17) is 4.74 Å². The van der Waals surface area contributed by atoms with Crippen molar-refractivity contribution >= 4 is 5.91 Å². The van der Waals surface area contributed by atoms with Gasteiger partial charge in [0.05, 0.1) is 19.4 Å². The summed E-state index contributed by atoms with van der Waals surface area (Å²) >= 11 is 0. The number of carbonyl (C=O) groups excluding carboxylic acids is 1. The van der Waals surface area contributed by atoms with E-state index in [2.05, 4.69) is 15.3 Å². The summed E-state index contributed by atoms with van der Waals surface area (Å²) in [5.41, 5.74) is 0.681. The second-order valence-electron chi connectivity index (χ2n) is 6.55. The van der Waals surface area contributed by atoms with Crippen molar-refractivity contribution in [3.8, 4) is 11.5 Å². The fraction of sp³-hybridized carbons (Fsp3) is 0.300. The van der Waals surface area contributed by atoms with Crippen LogP contribution in [0.1, 0.15) is 10.4 Å². The predicted molar refractivity (Wildman–Crippen MR) is 102 cm³/mol. The Balaban J connectivity index is 1.57. The van der Waals surface area contributed by atoms with E-state index in [9.17, 15) is 9.18 Å². The van der Waals surface area contributed by atoms with Gasteiger partial charge in [0, 0.05) is 38.6 Å². The van der Waals surface area contributed by atoms with E-state index in [1.165, 1.54) is 16.9 Å². The monoisotopic (exact) mass is 383 g/mol. The van der Waals surface area contributed by atoms with Crippen molar-refractivity contribution in [2.45, 2.75) is 0 Å². The first-order chi connectivity index (χ1) is 13.7. The fourth-order valence-corrected chi connectivity index (χ4v) is 3.27. The Labute approximate surface area is 162 Å². The van der Waals surface area contributed by atoms with Gasteiger partial charge in [0.2, 0.25) is 0 Å². The minimum absolute atomic E-state index is 0.237. The molecular formula is C20H22FN5O2. The Morgan fingerprint density at radius 2 is 1.89 bits per heavy atom. The van der Waals surface area contributed by atoms with Crippen LogP contribution in [0.4, 0.5) is 4.39 Å². The number of ether oxygens (including phenoxy) is 1. The average molecular weight is 383 g/mol. The van der Waals surface area contributed by atoms with Crippen LogP contribution in [-0.4, -0.2) is 64.5 Å². The molecule has 8 heteroatoms. The highest BCUT2D eigenvalue weighted by molar-refractivity contribution is 5.97. The van der Waals surface area contributed by atoms with Crippen molar-refractivity contribution in [2.75, 3.05) is 39.4 Å². The zero-order valence-corrected chi connectivity index (χ0v) is 15.4. The average Bonchev–Trinajstić information content (AvgIpc) is 3.38. The van der Waals surface area contributed by atoms with Gasteiger partial charge in [0.1, 0.15) is 17.1 Å². The first kappa shape index (κ1) is 18.4. The lowest BCUT2D eigenvalue weighted by Gasteiger charge is -2.26. The van der Waals surface area contributed by atoms with Gasteiger partial charge in [-0.05, 0) is 24.3 Å². The van der Waals surface area contributed by atoms with E-state index < -0.39 is 5.82 Å². The Morgan fingerprint density at radius 3 is 2.64 bits per heavy atom. The molecule has 4 rings (SSSR count). The summed E-state index contributed by atoms with van der Waals surface area (Å²) in [5.74, 6) is -0.142. The minimum Gasteiger partial charge on any atom is -0.379 e. The molecule has 1 fully saturated rings. The molecule has 0 bridgehead atoms. The number of halogens is 1. The number of benzene rings is 1. The molecule has 28 heavy (non-hydrogen) atoms. The van der Waals surface area contributed by atoms with Crippen LogP contribution in [0.2, 0.25) is 0 Å². The molecule has 0 radical (unpaired) electrons. The topological polar surface area (TPSA) is 64.3 Å². The van der Waals surface area contributed by atoms with Gasteiger partial charge in [-0.1, -0.05) is 12.1 Å². The highest BCUT2D eigenvalue weighted by Gasteiger charge is 2.21. The lowest BCUT2D eigenvalue weighted by molar-refractivity contribution is 0.0383. The second kappa shape index (κ2) is 8.37. The maximum Gasteiger partial charge on any atom is 0.256 e. The van der Waals surface area contributed by atoms with Crippen LogP contribution in [0.25, 0.3) is 11.5 Å². The lowest BCUT2D eigenvalue weighted by atomic mass is 10.2. The zero-order valence-electron chi connectivity index (χ0n) is 15.4. The lowest BCUT2D eigenvalue weighted by Crippen LogP contribution is -2.41. The molecule has 2 aromatic heterocycles. The molecule has 1 amide bonds. The molecule has 1 N–H and O–H groups in total. The summed E-state index contributed by atoms with van der Waals surface area (Å²) in [5, 5.41) is 7.24. The van der Waals surface area contributed by atoms with E-state index in [1.807, 2.05) is 12.1 Å². The summed E-state index contributed by atoms with van der Waals surface area (Å²) in [7, 11) is 0. The Morgan fingerprint density at radius 1 is 1.14 bits per heavy atom. The molecule has 1 aliphatic heterocycles. The Kier molecular flexibility index (Phi) is 5.50. The maximum absolute atomic E-state index is 14.3. The minimum atomic E-state index is -0.404. The molecule has 1 aromatic carbocycles. The zero-order chi connectivity index (χ0) is 19.3.